The first kappa shape index (κ1) is 18.4. The van der Waals surface area contributed by atoms with Gasteiger partial charge in [-0.1, -0.05) is 30.3 Å². The topological polar surface area (TPSA) is 65.6 Å². The van der Waals surface area contributed by atoms with Crippen molar-refractivity contribution >= 4 is 5.95 Å². The summed E-state index contributed by atoms with van der Waals surface area (Å²) in [4.78, 5) is 8.81. The van der Waals surface area contributed by atoms with Crippen LogP contribution in [-0.2, 0) is 6.42 Å². The fourth-order valence-corrected chi connectivity index (χ4v) is 4.54. The van der Waals surface area contributed by atoms with Crippen molar-refractivity contribution in [3.8, 4) is 0 Å². The Balaban J connectivity index is 1.29. The molecule has 0 amide bonds. The van der Waals surface area contributed by atoms with Crippen LogP contribution in [0.2, 0.25) is 0 Å². The second-order valence-electron chi connectivity index (χ2n) is 8.27. The molecule has 4 rings (SSSR count). The maximum absolute atomic E-state index is 11.2. The Bertz CT molecular complexity index is 727. The number of piperidine rings is 2. The number of hydrogen-bond acceptors (Lipinski definition) is 6. The van der Waals surface area contributed by atoms with Gasteiger partial charge in [-0.15, -0.1) is 0 Å². The zero-order valence-corrected chi connectivity index (χ0v) is 16.2. The molecule has 1 aromatic heterocycles. The van der Waals surface area contributed by atoms with Crippen LogP contribution in [0.25, 0.3) is 0 Å². The summed E-state index contributed by atoms with van der Waals surface area (Å²) in [6, 6.07) is 10.8. The molecule has 6 nitrogen and oxygen atoms in total. The van der Waals surface area contributed by atoms with E-state index in [0.29, 0.717) is 18.4 Å². The monoisotopic (exact) mass is 370 g/mol. The van der Waals surface area contributed by atoms with Crippen molar-refractivity contribution in [1.82, 2.24) is 15.0 Å². The van der Waals surface area contributed by atoms with Crippen LogP contribution in [0.1, 0.15) is 37.1 Å². The van der Waals surface area contributed by atoms with E-state index in [1.807, 2.05) is 0 Å². The molecule has 1 atom stereocenters. The van der Waals surface area contributed by atoms with E-state index in [0.717, 1.165) is 44.9 Å². The molecule has 0 spiro atoms. The molecule has 146 valence electrons. The average molecular weight is 370 g/mol. The SMILES string of the molecule is Cc1nc(N2CCCC(O)(CN3CCC(Cc4ccccc4)CC3)C2)no1. The molecule has 2 saturated heterocycles. The molecule has 2 aromatic rings. The summed E-state index contributed by atoms with van der Waals surface area (Å²) >= 11 is 0. The summed E-state index contributed by atoms with van der Waals surface area (Å²) in [7, 11) is 0. The number of aryl methyl sites for hydroxylation is 1. The van der Waals surface area contributed by atoms with E-state index in [-0.39, 0.29) is 0 Å². The summed E-state index contributed by atoms with van der Waals surface area (Å²) in [5, 5.41) is 15.2. The van der Waals surface area contributed by atoms with Gasteiger partial charge in [-0.05, 0) is 61.8 Å². The number of anilines is 1. The third-order valence-electron chi connectivity index (χ3n) is 5.95. The summed E-state index contributed by atoms with van der Waals surface area (Å²) < 4.78 is 5.10. The Morgan fingerprint density at radius 3 is 2.67 bits per heavy atom. The van der Waals surface area contributed by atoms with Crippen molar-refractivity contribution in [3.63, 3.8) is 0 Å². The molecular formula is C21H30N4O2. The third kappa shape index (κ3) is 4.68. The van der Waals surface area contributed by atoms with Gasteiger partial charge in [-0.25, -0.2) is 0 Å². The lowest BCUT2D eigenvalue weighted by atomic mass is 9.88. The zero-order valence-electron chi connectivity index (χ0n) is 16.2. The summed E-state index contributed by atoms with van der Waals surface area (Å²) in [6.07, 6.45) is 5.38. The molecule has 0 radical (unpaired) electrons. The standard InChI is InChI=1S/C21H30N4O2/c1-17-22-20(23-27-17)25-11-5-10-21(26,16-25)15-24-12-8-19(9-13-24)14-18-6-3-2-4-7-18/h2-4,6-7,19,26H,5,8-16H2,1H3. The number of aromatic nitrogens is 2. The molecule has 2 aliphatic heterocycles. The number of hydrogen-bond donors (Lipinski definition) is 1. The maximum atomic E-state index is 11.2. The van der Waals surface area contributed by atoms with Crippen LogP contribution in [0.4, 0.5) is 5.95 Å². The predicted molar refractivity (Wildman–Crippen MR) is 105 cm³/mol. The zero-order chi connectivity index (χ0) is 18.7. The van der Waals surface area contributed by atoms with Crippen molar-refractivity contribution in [1.29, 1.82) is 0 Å². The van der Waals surface area contributed by atoms with Crippen molar-refractivity contribution in [3.05, 3.63) is 41.8 Å². The molecule has 1 N–H and O–H groups in total. The van der Waals surface area contributed by atoms with Gasteiger partial charge in [0, 0.05) is 20.0 Å². The lowest BCUT2D eigenvalue weighted by Crippen LogP contribution is -2.55. The van der Waals surface area contributed by atoms with E-state index < -0.39 is 5.60 Å². The summed E-state index contributed by atoms with van der Waals surface area (Å²) in [5.74, 6) is 1.93. The number of likely N-dealkylation sites (tertiary alicyclic amines) is 1. The second kappa shape index (κ2) is 7.98. The molecule has 0 bridgehead atoms. The first-order chi connectivity index (χ1) is 13.1. The number of aliphatic hydroxyl groups is 1. The van der Waals surface area contributed by atoms with Crippen LogP contribution in [0.15, 0.2) is 34.9 Å². The quantitative estimate of drug-likeness (QED) is 0.873. The molecule has 6 heteroatoms. The lowest BCUT2D eigenvalue weighted by molar-refractivity contribution is -0.0157. The molecule has 1 unspecified atom stereocenters. The van der Waals surface area contributed by atoms with Gasteiger partial charge >= 0.3 is 0 Å². The fourth-order valence-electron chi connectivity index (χ4n) is 4.54. The van der Waals surface area contributed by atoms with Crippen LogP contribution < -0.4 is 4.90 Å². The maximum Gasteiger partial charge on any atom is 0.266 e. The predicted octanol–water partition coefficient (Wildman–Crippen LogP) is 2.66. The van der Waals surface area contributed by atoms with Crippen molar-refractivity contribution in [2.75, 3.05) is 37.6 Å². The molecule has 0 saturated carbocycles. The number of nitrogens with zero attached hydrogens (tertiary/aromatic N) is 4. The van der Waals surface area contributed by atoms with Crippen molar-refractivity contribution in [2.24, 2.45) is 5.92 Å². The van der Waals surface area contributed by atoms with E-state index in [1.54, 1.807) is 6.92 Å². The van der Waals surface area contributed by atoms with Gasteiger partial charge in [0.15, 0.2) is 0 Å². The van der Waals surface area contributed by atoms with Crippen LogP contribution >= 0.6 is 0 Å². The molecule has 27 heavy (non-hydrogen) atoms. The van der Waals surface area contributed by atoms with Crippen LogP contribution in [0, 0.1) is 12.8 Å². The summed E-state index contributed by atoms with van der Waals surface area (Å²) in [6.45, 7) is 6.13. The second-order valence-corrected chi connectivity index (χ2v) is 8.27. The highest BCUT2D eigenvalue weighted by Gasteiger charge is 2.37. The van der Waals surface area contributed by atoms with Crippen molar-refractivity contribution < 1.29 is 9.63 Å². The Labute approximate surface area is 161 Å². The van der Waals surface area contributed by atoms with Gasteiger partial charge in [0.2, 0.25) is 5.89 Å². The highest BCUT2D eigenvalue weighted by molar-refractivity contribution is 5.30. The van der Waals surface area contributed by atoms with Crippen LogP contribution in [0.5, 0.6) is 0 Å². The Morgan fingerprint density at radius 2 is 1.96 bits per heavy atom. The smallest absolute Gasteiger partial charge is 0.266 e. The highest BCUT2D eigenvalue weighted by Crippen LogP contribution is 2.28. The first-order valence-electron chi connectivity index (χ1n) is 10.1. The molecule has 3 heterocycles. The van der Waals surface area contributed by atoms with Gasteiger partial charge in [0.1, 0.15) is 0 Å². The van der Waals surface area contributed by atoms with E-state index in [9.17, 15) is 5.11 Å². The molecule has 1 aromatic carbocycles. The Hall–Kier alpha value is -1.92. The minimum Gasteiger partial charge on any atom is -0.387 e. The van der Waals surface area contributed by atoms with E-state index in [2.05, 4.69) is 50.3 Å². The number of β-amino-alcohol motifs (C(OH)–C–C–N with tert-alkyl or cyclic N) is 1. The minimum absolute atomic E-state index is 0.569. The largest absolute Gasteiger partial charge is 0.387 e. The highest BCUT2D eigenvalue weighted by atomic mass is 16.5. The van der Waals surface area contributed by atoms with E-state index >= 15 is 0 Å². The van der Waals surface area contributed by atoms with E-state index in [1.165, 1.54) is 24.8 Å². The lowest BCUT2D eigenvalue weighted by Gasteiger charge is -2.43. The van der Waals surface area contributed by atoms with Gasteiger partial charge < -0.3 is 19.4 Å². The third-order valence-corrected chi connectivity index (χ3v) is 5.95. The molecule has 0 aliphatic carbocycles. The fraction of sp³-hybridized carbons (Fsp3) is 0.619. The first-order valence-corrected chi connectivity index (χ1v) is 10.1. The Kier molecular flexibility index (Phi) is 5.45. The van der Waals surface area contributed by atoms with Crippen LogP contribution in [-0.4, -0.2) is 58.5 Å². The normalized spacial score (nSPS) is 25.0. The minimum atomic E-state index is -0.695. The van der Waals surface area contributed by atoms with Gasteiger partial charge in [0.25, 0.3) is 5.95 Å². The van der Waals surface area contributed by atoms with Crippen molar-refractivity contribution in [2.45, 2.75) is 44.6 Å². The molecular weight excluding hydrogens is 340 g/mol. The molecule has 2 aliphatic rings. The number of rotatable bonds is 5. The van der Waals surface area contributed by atoms with E-state index in [4.69, 9.17) is 4.52 Å². The van der Waals surface area contributed by atoms with Crippen LogP contribution in [0.3, 0.4) is 0 Å². The van der Waals surface area contributed by atoms with Gasteiger partial charge in [-0.3, -0.25) is 0 Å². The summed E-state index contributed by atoms with van der Waals surface area (Å²) in [5.41, 5.74) is 0.742. The Morgan fingerprint density at radius 1 is 1.19 bits per heavy atom. The number of benzene rings is 1. The molecule has 2 fully saturated rings. The average Bonchev–Trinajstić information content (AvgIpc) is 3.11. The van der Waals surface area contributed by atoms with Gasteiger partial charge in [-0.2, -0.15) is 4.98 Å². The van der Waals surface area contributed by atoms with Gasteiger partial charge in [0.05, 0.1) is 12.1 Å².